The third-order valence-corrected chi connectivity index (χ3v) is 3.06. The minimum atomic E-state index is -0.350. The van der Waals surface area contributed by atoms with Crippen LogP contribution in [0.3, 0.4) is 0 Å². The number of carbonyl (C=O) groups is 1. The molecule has 0 radical (unpaired) electrons. The van der Waals surface area contributed by atoms with Crippen LogP contribution in [-0.4, -0.2) is 15.0 Å². The van der Waals surface area contributed by atoms with E-state index in [0.717, 1.165) is 6.42 Å². The molecule has 1 atom stereocenters. The number of aliphatic hydroxyl groups excluding tert-OH is 1. The number of hydrogen-bond acceptors (Lipinski definition) is 3. The van der Waals surface area contributed by atoms with Crippen LogP contribution in [0.2, 0.25) is 0 Å². The number of hydrogen-bond donors (Lipinski definition) is 1. The second-order valence-corrected chi connectivity index (χ2v) is 4.04. The van der Waals surface area contributed by atoms with E-state index < -0.39 is 0 Å². The molecule has 1 aliphatic rings. The molecule has 2 nitrogen and oxygen atoms in total. The van der Waals surface area contributed by atoms with Gasteiger partial charge in [0.2, 0.25) is 5.12 Å². The molecule has 0 bridgehead atoms. The van der Waals surface area contributed by atoms with Crippen molar-refractivity contribution in [3.63, 3.8) is 0 Å². The first kappa shape index (κ1) is 7.66. The van der Waals surface area contributed by atoms with Gasteiger partial charge in [-0.1, -0.05) is 18.7 Å². The van der Waals surface area contributed by atoms with Gasteiger partial charge in [0.05, 0.1) is 4.75 Å². The molecule has 56 valence electrons. The Hall–Kier alpha value is -0.440. The van der Waals surface area contributed by atoms with Crippen LogP contribution in [-0.2, 0) is 4.79 Å². The number of rotatable bonds is 1. The van der Waals surface area contributed by atoms with Gasteiger partial charge in [0.25, 0.3) is 0 Å². The molecule has 1 aliphatic heterocycles. The summed E-state index contributed by atoms with van der Waals surface area (Å²) in [6, 6.07) is 0. The number of aliphatic hydroxyl groups is 1. The molecule has 0 saturated carbocycles. The quantitative estimate of drug-likeness (QED) is 0.633. The molecule has 10 heavy (non-hydrogen) atoms. The first-order valence-corrected chi connectivity index (χ1v) is 4.04. The molecular weight excluding hydrogens is 148 g/mol. The Kier molecular flexibility index (Phi) is 1.77. The maximum atomic E-state index is 10.8. The fourth-order valence-corrected chi connectivity index (χ4v) is 1.74. The predicted octanol–water partition coefficient (Wildman–Crippen LogP) is 1.87. The SMILES string of the molecule is CCC1(C)SC(=O)C=C1O. The van der Waals surface area contributed by atoms with Gasteiger partial charge in [-0.3, -0.25) is 4.79 Å². The van der Waals surface area contributed by atoms with Crippen LogP contribution in [0.5, 0.6) is 0 Å². The van der Waals surface area contributed by atoms with Crippen LogP contribution >= 0.6 is 11.8 Å². The van der Waals surface area contributed by atoms with E-state index in [1.165, 1.54) is 17.8 Å². The smallest absolute Gasteiger partial charge is 0.216 e. The molecule has 0 aliphatic carbocycles. The van der Waals surface area contributed by atoms with E-state index in [4.69, 9.17) is 0 Å². The Balaban J connectivity index is 2.86. The van der Waals surface area contributed by atoms with Gasteiger partial charge in [-0.25, -0.2) is 0 Å². The van der Waals surface area contributed by atoms with Gasteiger partial charge in [0, 0.05) is 6.08 Å². The summed E-state index contributed by atoms with van der Waals surface area (Å²) in [5, 5.41) is 9.20. The van der Waals surface area contributed by atoms with E-state index >= 15 is 0 Å². The Labute approximate surface area is 64.3 Å². The summed E-state index contributed by atoms with van der Waals surface area (Å²) >= 11 is 1.19. The Morgan fingerprint density at radius 2 is 2.40 bits per heavy atom. The van der Waals surface area contributed by atoms with Crippen molar-refractivity contribution in [3.8, 4) is 0 Å². The molecule has 1 heterocycles. The monoisotopic (exact) mass is 158 g/mol. The van der Waals surface area contributed by atoms with Crippen LogP contribution in [0.15, 0.2) is 11.8 Å². The molecule has 1 rings (SSSR count). The lowest BCUT2D eigenvalue weighted by molar-refractivity contribution is -0.106. The van der Waals surface area contributed by atoms with Gasteiger partial charge in [-0.15, -0.1) is 0 Å². The highest BCUT2D eigenvalue weighted by molar-refractivity contribution is 8.15. The Morgan fingerprint density at radius 1 is 1.80 bits per heavy atom. The topological polar surface area (TPSA) is 37.3 Å². The van der Waals surface area contributed by atoms with E-state index in [-0.39, 0.29) is 15.6 Å². The minimum Gasteiger partial charge on any atom is -0.511 e. The van der Waals surface area contributed by atoms with Crippen LogP contribution in [0.1, 0.15) is 20.3 Å². The van der Waals surface area contributed by atoms with Gasteiger partial charge in [-0.05, 0) is 13.3 Å². The van der Waals surface area contributed by atoms with Crippen LogP contribution < -0.4 is 0 Å². The highest BCUT2D eigenvalue weighted by Gasteiger charge is 2.36. The Morgan fingerprint density at radius 3 is 2.60 bits per heavy atom. The second-order valence-electron chi connectivity index (χ2n) is 2.54. The highest BCUT2D eigenvalue weighted by Crippen LogP contribution is 2.40. The van der Waals surface area contributed by atoms with Crippen molar-refractivity contribution in [1.82, 2.24) is 0 Å². The lowest BCUT2D eigenvalue weighted by atomic mass is 10.1. The van der Waals surface area contributed by atoms with Crippen molar-refractivity contribution in [1.29, 1.82) is 0 Å². The molecule has 0 aromatic heterocycles. The second kappa shape index (κ2) is 2.31. The molecule has 0 aromatic rings. The van der Waals surface area contributed by atoms with Crippen molar-refractivity contribution in [2.45, 2.75) is 25.0 Å². The summed E-state index contributed by atoms with van der Waals surface area (Å²) in [6.07, 6.45) is 2.08. The normalized spacial score (nSPS) is 32.6. The molecule has 0 spiro atoms. The average Bonchev–Trinajstić information content (AvgIpc) is 2.09. The molecule has 0 aromatic carbocycles. The van der Waals surface area contributed by atoms with Crippen molar-refractivity contribution < 1.29 is 9.90 Å². The number of thioether (sulfide) groups is 1. The van der Waals surface area contributed by atoms with E-state index in [1.807, 2.05) is 13.8 Å². The first-order chi connectivity index (χ1) is 4.58. The molecular formula is C7H10O2S. The zero-order valence-electron chi connectivity index (χ0n) is 6.05. The zero-order valence-corrected chi connectivity index (χ0v) is 6.86. The maximum absolute atomic E-state index is 10.8. The summed E-state index contributed by atoms with van der Waals surface area (Å²) in [6.45, 7) is 3.82. The molecule has 3 heteroatoms. The standard InChI is InChI=1S/C7H10O2S/c1-3-7(2)5(8)4-6(9)10-7/h4,8H,3H2,1-2H3. The fourth-order valence-electron chi connectivity index (χ4n) is 0.821. The predicted molar refractivity (Wildman–Crippen MR) is 42.0 cm³/mol. The molecule has 0 fully saturated rings. The molecule has 1 N–H and O–H groups in total. The summed E-state index contributed by atoms with van der Waals surface area (Å²) in [7, 11) is 0. The van der Waals surface area contributed by atoms with E-state index in [9.17, 15) is 9.90 Å². The Bertz CT molecular complexity index is 198. The molecule has 0 amide bonds. The van der Waals surface area contributed by atoms with Crippen molar-refractivity contribution in [2.75, 3.05) is 0 Å². The van der Waals surface area contributed by atoms with Gasteiger partial charge in [0.1, 0.15) is 5.76 Å². The summed E-state index contributed by atoms with van der Waals surface area (Å²) in [5.41, 5.74) is 0. The maximum Gasteiger partial charge on any atom is 0.216 e. The third-order valence-electron chi connectivity index (χ3n) is 1.80. The zero-order chi connectivity index (χ0) is 7.78. The van der Waals surface area contributed by atoms with Crippen LogP contribution in [0.4, 0.5) is 0 Å². The molecule has 0 saturated heterocycles. The summed E-state index contributed by atoms with van der Waals surface area (Å²) < 4.78 is -0.350. The largest absolute Gasteiger partial charge is 0.511 e. The minimum absolute atomic E-state index is 0.0400. The number of carbonyl (C=O) groups excluding carboxylic acids is 1. The van der Waals surface area contributed by atoms with E-state index in [2.05, 4.69) is 0 Å². The van der Waals surface area contributed by atoms with E-state index in [1.54, 1.807) is 0 Å². The lowest BCUT2D eigenvalue weighted by Gasteiger charge is -2.19. The fraction of sp³-hybridized carbons (Fsp3) is 0.571. The third kappa shape index (κ3) is 1.06. The van der Waals surface area contributed by atoms with Crippen molar-refractivity contribution in [3.05, 3.63) is 11.8 Å². The molecule has 1 unspecified atom stereocenters. The van der Waals surface area contributed by atoms with Gasteiger partial charge in [-0.2, -0.15) is 0 Å². The van der Waals surface area contributed by atoms with Crippen molar-refractivity contribution in [2.24, 2.45) is 0 Å². The van der Waals surface area contributed by atoms with Crippen LogP contribution in [0, 0.1) is 0 Å². The summed E-state index contributed by atoms with van der Waals surface area (Å²) in [5.74, 6) is 0.213. The highest BCUT2D eigenvalue weighted by atomic mass is 32.2. The van der Waals surface area contributed by atoms with Gasteiger partial charge in [0.15, 0.2) is 0 Å². The van der Waals surface area contributed by atoms with Gasteiger partial charge >= 0.3 is 0 Å². The van der Waals surface area contributed by atoms with E-state index in [0.29, 0.717) is 0 Å². The van der Waals surface area contributed by atoms with Crippen LogP contribution in [0.25, 0.3) is 0 Å². The average molecular weight is 158 g/mol. The van der Waals surface area contributed by atoms with Crippen molar-refractivity contribution >= 4 is 16.9 Å². The lowest BCUT2D eigenvalue weighted by Crippen LogP contribution is -2.18. The first-order valence-electron chi connectivity index (χ1n) is 3.22. The summed E-state index contributed by atoms with van der Waals surface area (Å²) in [4.78, 5) is 10.8. The van der Waals surface area contributed by atoms with Gasteiger partial charge < -0.3 is 5.11 Å².